The number of nitrogens with zero attached hydrogens (tertiary/aromatic N) is 2. The van der Waals surface area contributed by atoms with Crippen LogP contribution in [0.15, 0.2) is 42.5 Å². The maximum atomic E-state index is 12.6. The monoisotopic (exact) mass is 340 g/mol. The van der Waals surface area contributed by atoms with Crippen LogP contribution in [0.5, 0.6) is 11.5 Å². The van der Waals surface area contributed by atoms with Gasteiger partial charge in [0.2, 0.25) is 5.91 Å². The summed E-state index contributed by atoms with van der Waals surface area (Å²) in [4.78, 5) is 28.3. The Balaban J connectivity index is 1.76. The quantitative estimate of drug-likeness (QED) is 0.930. The number of hydrogen-bond donors (Lipinski definition) is 1. The number of anilines is 1. The molecule has 25 heavy (non-hydrogen) atoms. The van der Waals surface area contributed by atoms with Gasteiger partial charge in [0.1, 0.15) is 18.0 Å². The van der Waals surface area contributed by atoms with Crippen molar-refractivity contribution in [3.05, 3.63) is 53.6 Å². The molecule has 6 nitrogen and oxygen atoms in total. The molecular weight excluding hydrogens is 320 g/mol. The average Bonchev–Trinajstić information content (AvgIpc) is 2.63. The third kappa shape index (κ3) is 3.28. The van der Waals surface area contributed by atoms with Crippen molar-refractivity contribution in [1.29, 1.82) is 0 Å². The summed E-state index contributed by atoms with van der Waals surface area (Å²) in [7, 11) is 1.56. The fourth-order valence-electron chi connectivity index (χ4n) is 2.88. The average molecular weight is 340 g/mol. The first-order valence-corrected chi connectivity index (χ1v) is 8.03. The van der Waals surface area contributed by atoms with Crippen molar-refractivity contribution in [3.63, 3.8) is 0 Å². The van der Waals surface area contributed by atoms with Crippen molar-refractivity contribution < 1.29 is 19.4 Å². The molecule has 2 amide bonds. The lowest BCUT2D eigenvalue weighted by atomic mass is 10.1. The van der Waals surface area contributed by atoms with Gasteiger partial charge in [0.05, 0.1) is 12.8 Å². The number of piperazine rings is 1. The van der Waals surface area contributed by atoms with E-state index in [1.807, 2.05) is 18.2 Å². The first-order chi connectivity index (χ1) is 12.0. The topological polar surface area (TPSA) is 70.1 Å². The number of para-hydroxylation sites is 2. The molecule has 0 bridgehead atoms. The van der Waals surface area contributed by atoms with Gasteiger partial charge in [-0.25, -0.2) is 0 Å². The van der Waals surface area contributed by atoms with Gasteiger partial charge in [0.25, 0.3) is 5.91 Å². The lowest BCUT2D eigenvalue weighted by molar-refractivity contribution is -0.120. The molecule has 0 aromatic heterocycles. The summed E-state index contributed by atoms with van der Waals surface area (Å²) in [5, 5.41) is 9.79. The van der Waals surface area contributed by atoms with Gasteiger partial charge >= 0.3 is 0 Å². The highest BCUT2D eigenvalue weighted by Gasteiger charge is 2.30. The Labute approximate surface area is 146 Å². The van der Waals surface area contributed by atoms with E-state index in [0.29, 0.717) is 35.7 Å². The predicted octanol–water partition coefficient (Wildman–Crippen LogP) is 2.20. The standard InChI is InChI=1S/C19H20N2O4/c1-13-7-8-14(11-16(13)22)19(24)20-9-10-21(18(23)12-20)15-5-3-4-6-17(15)25-2/h3-8,11,22H,9-10,12H2,1-2H3. The number of aryl methyl sites for hydroxylation is 1. The van der Waals surface area contributed by atoms with Crippen LogP contribution in [-0.4, -0.2) is 48.6 Å². The number of phenols is 1. The molecule has 1 aliphatic rings. The summed E-state index contributed by atoms with van der Waals surface area (Å²) >= 11 is 0. The van der Waals surface area contributed by atoms with Gasteiger partial charge in [0, 0.05) is 18.7 Å². The molecule has 3 rings (SSSR count). The number of rotatable bonds is 3. The molecule has 1 saturated heterocycles. The molecular formula is C19H20N2O4. The van der Waals surface area contributed by atoms with Crippen LogP contribution in [-0.2, 0) is 4.79 Å². The number of carbonyl (C=O) groups excluding carboxylic acids is 2. The fourth-order valence-corrected chi connectivity index (χ4v) is 2.88. The highest BCUT2D eigenvalue weighted by atomic mass is 16.5. The lowest BCUT2D eigenvalue weighted by Gasteiger charge is -2.35. The van der Waals surface area contributed by atoms with E-state index in [4.69, 9.17) is 4.74 Å². The van der Waals surface area contributed by atoms with Crippen molar-refractivity contribution >= 4 is 17.5 Å². The van der Waals surface area contributed by atoms with Gasteiger partial charge < -0.3 is 19.6 Å². The van der Waals surface area contributed by atoms with Crippen molar-refractivity contribution in [1.82, 2.24) is 4.90 Å². The van der Waals surface area contributed by atoms with Crippen molar-refractivity contribution in [2.45, 2.75) is 6.92 Å². The number of benzene rings is 2. The maximum absolute atomic E-state index is 12.6. The largest absolute Gasteiger partial charge is 0.508 e. The highest BCUT2D eigenvalue weighted by molar-refractivity contribution is 6.02. The van der Waals surface area contributed by atoms with Crippen LogP contribution in [0.2, 0.25) is 0 Å². The van der Waals surface area contributed by atoms with E-state index in [2.05, 4.69) is 0 Å². The Morgan fingerprint density at radius 3 is 2.60 bits per heavy atom. The van der Waals surface area contributed by atoms with Crippen LogP contribution >= 0.6 is 0 Å². The summed E-state index contributed by atoms with van der Waals surface area (Å²) in [6, 6.07) is 12.1. The number of phenolic OH excluding ortho intramolecular Hbond substituents is 1. The molecule has 1 aliphatic heterocycles. The molecule has 130 valence electrons. The van der Waals surface area contributed by atoms with E-state index in [-0.39, 0.29) is 24.1 Å². The van der Waals surface area contributed by atoms with Crippen LogP contribution in [0, 0.1) is 6.92 Å². The molecule has 1 N–H and O–H groups in total. The summed E-state index contributed by atoms with van der Waals surface area (Å²) < 4.78 is 5.31. The van der Waals surface area contributed by atoms with Gasteiger partial charge in [0.15, 0.2) is 0 Å². The summed E-state index contributed by atoms with van der Waals surface area (Å²) in [5.41, 5.74) is 1.78. The normalized spacial score (nSPS) is 14.6. The van der Waals surface area contributed by atoms with Crippen LogP contribution in [0.25, 0.3) is 0 Å². The Morgan fingerprint density at radius 2 is 1.92 bits per heavy atom. The Hall–Kier alpha value is -3.02. The minimum absolute atomic E-state index is 0.00841. The zero-order valence-corrected chi connectivity index (χ0v) is 14.2. The molecule has 0 aliphatic carbocycles. The molecule has 0 unspecified atom stereocenters. The summed E-state index contributed by atoms with van der Waals surface area (Å²) in [6.45, 7) is 2.56. The van der Waals surface area contributed by atoms with Gasteiger partial charge in [-0.2, -0.15) is 0 Å². The second-order valence-electron chi connectivity index (χ2n) is 5.95. The van der Waals surface area contributed by atoms with Crippen molar-refractivity contribution in [3.8, 4) is 11.5 Å². The first-order valence-electron chi connectivity index (χ1n) is 8.03. The molecule has 0 saturated carbocycles. The van der Waals surface area contributed by atoms with E-state index < -0.39 is 0 Å². The third-order valence-corrected chi connectivity index (χ3v) is 4.34. The number of aromatic hydroxyl groups is 1. The zero-order chi connectivity index (χ0) is 18.0. The highest BCUT2D eigenvalue weighted by Crippen LogP contribution is 2.29. The Kier molecular flexibility index (Phi) is 4.61. The van der Waals surface area contributed by atoms with Gasteiger partial charge in [-0.15, -0.1) is 0 Å². The fraction of sp³-hybridized carbons (Fsp3) is 0.263. The summed E-state index contributed by atoms with van der Waals surface area (Å²) in [5.74, 6) is 0.271. The van der Waals surface area contributed by atoms with E-state index >= 15 is 0 Å². The predicted molar refractivity (Wildman–Crippen MR) is 94.1 cm³/mol. The smallest absolute Gasteiger partial charge is 0.254 e. The van der Waals surface area contributed by atoms with Crippen LogP contribution in [0.4, 0.5) is 5.69 Å². The molecule has 2 aromatic carbocycles. The molecule has 0 atom stereocenters. The molecule has 1 heterocycles. The maximum Gasteiger partial charge on any atom is 0.254 e. The molecule has 2 aromatic rings. The Morgan fingerprint density at radius 1 is 1.16 bits per heavy atom. The Bertz CT molecular complexity index is 819. The SMILES string of the molecule is COc1ccccc1N1CCN(C(=O)c2ccc(C)c(O)c2)CC1=O. The third-order valence-electron chi connectivity index (χ3n) is 4.34. The van der Waals surface area contributed by atoms with Gasteiger partial charge in [-0.3, -0.25) is 9.59 Å². The number of methoxy groups -OCH3 is 1. The summed E-state index contributed by atoms with van der Waals surface area (Å²) in [6.07, 6.45) is 0. The number of ether oxygens (including phenoxy) is 1. The second kappa shape index (κ2) is 6.84. The lowest BCUT2D eigenvalue weighted by Crippen LogP contribution is -2.52. The van der Waals surface area contributed by atoms with E-state index in [0.717, 1.165) is 0 Å². The number of amides is 2. The van der Waals surface area contributed by atoms with E-state index in [1.165, 1.54) is 11.0 Å². The molecule has 6 heteroatoms. The zero-order valence-electron chi connectivity index (χ0n) is 14.2. The van der Waals surface area contributed by atoms with Crippen LogP contribution in [0.3, 0.4) is 0 Å². The van der Waals surface area contributed by atoms with E-state index in [9.17, 15) is 14.7 Å². The minimum Gasteiger partial charge on any atom is -0.508 e. The molecule has 0 radical (unpaired) electrons. The van der Waals surface area contributed by atoms with Crippen molar-refractivity contribution in [2.75, 3.05) is 31.6 Å². The molecule has 1 fully saturated rings. The van der Waals surface area contributed by atoms with Crippen LogP contribution < -0.4 is 9.64 Å². The number of hydrogen-bond acceptors (Lipinski definition) is 4. The minimum atomic E-state index is -0.261. The second-order valence-corrected chi connectivity index (χ2v) is 5.95. The van der Waals surface area contributed by atoms with Crippen LogP contribution in [0.1, 0.15) is 15.9 Å². The number of carbonyl (C=O) groups is 2. The molecule has 0 spiro atoms. The van der Waals surface area contributed by atoms with E-state index in [1.54, 1.807) is 37.1 Å². The van der Waals surface area contributed by atoms with Gasteiger partial charge in [-0.1, -0.05) is 18.2 Å². The van der Waals surface area contributed by atoms with Crippen molar-refractivity contribution in [2.24, 2.45) is 0 Å². The van der Waals surface area contributed by atoms with Gasteiger partial charge in [-0.05, 0) is 36.8 Å². The first kappa shape index (κ1) is 16.8.